The zero-order valence-corrected chi connectivity index (χ0v) is 6.34. The van der Waals surface area contributed by atoms with Gasteiger partial charge in [0.25, 0.3) is 0 Å². The van der Waals surface area contributed by atoms with Crippen LogP contribution in [-0.4, -0.2) is 6.61 Å². The molecule has 0 aliphatic heterocycles. The first-order valence-corrected chi connectivity index (χ1v) is 3.45. The van der Waals surface area contributed by atoms with Crippen LogP contribution in [0.5, 0.6) is 0 Å². The van der Waals surface area contributed by atoms with E-state index < -0.39 is 7.82 Å². The molecule has 0 aromatic carbocycles. The van der Waals surface area contributed by atoms with Gasteiger partial charge in [0, 0.05) is 0 Å². The molecule has 0 radical (unpaired) electrons. The second-order valence-electron chi connectivity index (χ2n) is 1.10. The normalized spacial score (nSPS) is 15.0. The van der Waals surface area contributed by atoms with Crippen LogP contribution >= 0.6 is 7.82 Å². The summed E-state index contributed by atoms with van der Waals surface area (Å²) in [7, 11) is -4.68. The van der Waals surface area contributed by atoms with Crippen molar-refractivity contribution in [1.29, 1.82) is 0 Å². The van der Waals surface area contributed by atoms with Crippen molar-refractivity contribution in [3.63, 3.8) is 0 Å². The molecule has 0 aromatic rings. The fraction of sp³-hybridized carbons (Fsp3) is 0.333. The summed E-state index contributed by atoms with van der Waals surface area (Å²) in [6, 6.07) is 0. The molecule has 0 fully saturated rings. The van der Waals surface area contributed by atoms with Gasteiger partial charge in [-0.3, -0.25) is 4.57 Å². The SMILES string of the molecule is C=CCOP(=O)([O-])OF.[Li+]. The fourth-order valence-electron chi connectivity index (χ4n) is 0.164. The molecule has 7 heteroatoms. The second-order valence-corrected chi connectivity index (χ2v) is 2.39. The first kappa shape index (κ1) is 13.0. The van der Waals surface area contributed by atoms with Gasteiger partial charge in [0.15, 0.2) is 0 Å². The van der Waals surface area contributed by atoms with Gasteiger partial charge in [-0.1, -0.05) is 6.08 Å². The van der Waals surface area contributed by atoms with Gasteiger partial charge < -0.3 is 9.42 Å². The van der Waals surface area contributed by atoms with E-state index in [2.05, 4.69) is 15.8 Å². The number of hydrogen-bond acceptors (Lipinski definition) is 4. The maximum atomic E-state index is 10.9. The van der Waals surface area contributed by atoms with Crippen LogP contribution in [-0.2, 0) is 13.8 Å². The minimum Gasteiger partial charge on any atom is -0.754 e. The number of halogens is 1. The standard InChI is InChI=1S/C3H6FO4P.Li/c1-2-3-7-9(5,6)8-4;/h2H,1,3H2,(H,5,6);/q;+1/p-1. The van der Waals surface area contributed by atoms with Crippen molar-refractivity contribution in [2.45, 2.75) is 0 Å². The smallest absolute Gasteiger partial charge is 0.754 e. The van der Waals surface area contributed by atoms with Crippen LogP contribution in [0.15, 0.2) is 12.7 Å². The Labute approximate surface area is 69.7 Å². The van der Waals surface area contributed by atoms with Crippen LogP contribution in [0.4, 0.5) is 4.53 Å². The van der Waals surface area contributed by atoms with Gasteiger partial charge in [-0.2, -0.15) is 0 Å². The molecule has 0 aliphatic carbocycles. The van der Waals surface area contributed by atoms with Gasteiger partial charge in [-0.15, -0.1) is 11.3 Å². The molecule has 0 saturated heterocycles. The van der Waals surface area contributed by atoms with Gasteiger partial charge in [0.2, 0.25) is 0 Å². The van der Waals surface area contributed by atoms with E-state index in [-0.39, 0.29) is 25.5 Å². The summed E-state index contributed by atoms with van der Waals surface area (Å²) >= 11 is 0. The Morgan fingerprint density at radius 1 is 1.80 bits per heavy atom. The Hall–Kier alpha value is 0.377. The van der Waals surface area contributed by atoms with Crippen molar-refractivity contribution >= 4 is 7.82 Å². The number of rotatable bonds is 4. The van der Waals surface area contributed by atoms with Crippen molar-refractivity contribution in [3.8, 4) is 0 Å². The summed E-state index contributed by atoms with van der Waals surface area (Å²) < 4.78 is 27.1. The summed E-state index contributed by atoms with van der Waals surface area (Å²) in [5, 5.41) is 0. The van der Waals surface area contributed by atoms with E-state index >= 15 is 0 Å². The summed E-state index contributed by atoms with van der Waals surface area (Å²) in [6.45, 7) is 2.85. The maximum absolute atomic E-state index is 10.9. The molecule has 0 aromatic heterocycles. The largest absolute Gasteiger partial charge is 1.00 e. The van der Waals surface area contributed by atoms with E-state index in [0.717, 1.165) is 6.08 Å². The van der Waals surface area contributed by atoms with Crippen molar-refractivity contribution in [2.75, 3.05) is 6.61 Å². The molecule has 1 atom stereocenters. The van der Waals surface area contributed by atoms with Crippen LogP contribution < -0.4 is 23.8 Å². The fourth-order valence-corrected chi connectivity index (χ4v) is 0.492. The average molecular weight is 162 g/mol. The predicted molar refractivity (Wildman–Crippen MR) is 25.9 cm³/mol. The Kier molecular flexibility index (Phi) is 7.95. The third kappa shape index (κ3) is 6.50. The molecular weight excluding hydrogens is 157 g/mol. The molecule has 1 unspecified atom stereocenters. The van der Waals surface area contributed by atoms with Crippen LogP contribution in [0, 0.1) is 0 Å². The van der Waals surface area contributed by atoms with E-state index in [1.807, 2.05) is 0 Å². The molecule has 0 heterocycles. The van der Waals surface area contributed by atoms with Crippen LogP contribution in [0.2, 0.25) is 0 Å². The Bertz CT molecular complexity index is 140. The Morgan fingerprint density at radius 3 is 2.60 bits per heavy atom. The third-order valence-electron chi connectivity index (χ3n) is 0.435. The Morgan fingerprint density at radius 2 is 2.30 bits per heavy atom. The molecule has 54 valence electrons. The molecule has 4 nitrogen and oxygen atoms in total. The van der Waals surface area contributed by atoms with E-state index in [9.17, 15) is 14.0 Å². The van der Waals surface area contributed by atoms with E-state index in [1.54, 1.807) is 0 Å². The minimum absolute atomic E-state index is 0. The summed E-state index contributed by atoms with van der Waals surface area (Å²) in [5.74, 6) is 0. The van der Waals surface area contributed by atoms with Crippen LogP contribution in [0.1, 0.15) is 0 Å². The molecule has 0 saturated carbocycles. The second kappa shape index (κ2) is 6.11. The molecule has 0 N–H and O–H groups in total. The minimum atomic E-state index is -4.68. The summed E-state index contributed by atoms with van der Waals surface area (Å²) in [6.07, 6.45) is 1.16. The number of phosphoric acid groups is 1. The van der Waals surface area contributed by atoms with Crippen molar-refractivity contribution in [2.24, 2.45) is 0 Å². The van der Waals surface area contributed by atoms with E-state index in [0.29, 0.717) is 0 Å². The van der Waals surface area contributed by atoms with Gasteiger partial charge in [0.1, 0.15) is 0 Å². The molecule has 0 amide bonds. The molecule has 0 spiro atoms. The van der Waals surface area contributed by atoms with E-state index in [4.69, 9.17) is 0 Å². The van der Waals surface area contributed by atoms with Gasteiger partial charge in [0.05, 0.1) is 6.61 Å². The molecule has 0 rings (SSSR count). The molecule has 10 heavy (non-hydrogen) atoms. The van der Waals surface area contributed by atoms with Crippen molar-refractivity contribution in [1.82, 2.24) is 0 Å². The molecular formula is C3H5FLiO4P. The topological polar surface area (TPSA) is 58.6 Å². The number of phosphoric ester groups is 1. The molecule has 0 aliphatic rings. The van der Waals surface area contributed by atoms with Crippen molar-refractivity contribution in [3.05, 3.63) is 12.7 Å². The number of hydrogen-bond donors (Lipinski definition) is 0. The zero-order chi connectivity index (χ0) is 7.33. The van der Waals surface area contributed by atoms with Gasteiger partial charge in [-0.25, -0.2) is 0 Å². The molecule has 0 bridgehead atoms. The van der Waals surface area contributed by atoms with Crippen LogP contribution in [0.25, 0.3) is 0 Å². The van der Waals surface area contributed by atoms with Gasteiger partial charge in [-0.05, 0) is 4.53 Å². The van der Waals surface area contributed by atoms with Crippen LogP contribution in [0.3, 0.4) is 0 Å². The third-order valence-corrected chi connectivity index (χ3v) is 1.07. The quantitative estimate of drug-likeness (QED) is 0.262. The maximum Gasteiger partial charge on any atom is 1.00 e. The predicted octanol–water partition coefficient (Wildman–Crippen LogP) is -2.44. The summed E-state index contributed by atoms with van der Waals surface area (Å²) in [4.78, 5) is 9.92. The summed E-state index contributed by atoms with van der Waals surface area (Å²) in [5.41, 5.74) is 0. The monoisotopic (exact) mass is 162 g/mol. The zero-order valence-electron chi connectivity index (χ0n) is 5.45. The average Bonchev–Trinajstić information content (AvgIpc) is 1.84. The van der Waals surface area contributed by atoms with E-state index in [1.165, 1.54) is 0 Å². The first-order chi connectivity index (χ1) is 4.12. The first-order valence-electron chi connectivity index (χ1n) is 1.99. The van der Waals surface area contributed by atoms with Crippen molar-refractivity contribution < 1.29 is 42.1 Å². The Balaban J connectivity index is 0. The van der Waals surface area contributed by atoms with Gasteiger partial charge >= 0.3 is 26.7 Å².